The van der Waals surface area contributed by atoms with Crippen LogP contribution in [0, 0.1) is 5.92 Å². The Hall–Kier alpha value is -0.930. The zero-order valence-corrected chi connectivity index (χ0v) is 8.59. The summed E-state index contributed by atoms with van der Waals surface area (Å²) in [5, 5.41) is 18.3. The Morgan fingerprint density at radius 3 is 2.57 bits per heavy atom. The maximum absolute atomic E-state index is 9.48. The highest BCUT2D eigenvalue weighted by atomic mass is 16.3. The highest BCUT2D eigenvalue weighted by Gasteiger charge is 2.21. The van der Waals surface area contributed by atoms with E-state index in [9.17, 15) is 5.11 Å². The summed E-state index contributed by atoms with van der Waals surface area (Å²) in [4.78, 5) is 4.22. The largest absolute Gasteiger partial charge is 0.394 e. The van der Waals surface area contributed by atoms with Crippen molar-refractivity contribution in [1.29, 1.82) is 0 Å². The van der Waals surface area contributed by atoms with E-state index >= 15 is 0 Å². The van der Waals surface area contributed by atoms with Gasteiger partial charge < -0.3 is 10.2 Å². The molecule has 0 fully saturated rings. The molecular formula is C11H17NO2. The number of rotatable bonds is 4. The minimum atomic E-state index is -0.674. The van der Waals surface area contributed by atoms with Gasteiger partial charge in [0.15, 0.2) is 0 Å². The number of nitrogens with zero attached hydrogens (tertiary/aromatic N) is 1. The van der Waals surface area contributed by atoms with Crippen LogP contribution in [0.5, 0.6) is 0 Å². The van der Waals surface area contributed by atoms with E-state index in [1.807, 2.05) is 32.0 Å². The Kier molecular flexibility index (Phi) is 4.04. The van der Waals surface area contributed by atoms with E-state index in [0.29, 0.717) is 0 Å². The highest BCUT2D eigenvalue weighted by Crippen LogP contribution is 2.24. The molecule has 1 aromatic rings. The van der Waals surface area contributed by atoms with Crippen LogP contribution in [0.3, 0.4) is 0 Å². The monoisotopic (exact) mass is 195 g/mol. The Morgan fingerprint density at radius 1 is 1.36 bits per heavy atom. The maximum Gasteiger partial charge on any atom is 0.0802 e. The zero-order chi connectivity index (χ0) is 10.6. The Balaban J connectivity index is 2.70. The lowest BCUT2D eigenvalue weighted by Crippen LogP contribution is -2.26. The van der Waals surface area contributed by atoms with Gasteiger partial charge in [-0.1, -0.05) is 19.9 Å². The number of pyridine rings is 1. The molecule has 1 aromatic heterocycles. The van der Waals surface area contributed by atoms with Gasteiger partial charge in [-0.05, 0) is 18.1 Å². The summed E-state index contributed by atoms with van der Waals surface area (Å²) in [6, 6.07) is 5.73. The van der Waals surface area contributed by atoms with E-state index < -0.39 is 6.10 Å². The van der Waals surface area contributed by atoms with Gasteiger partial charge >= 0.3 is 0 Å². The van der Waals surface area contributed by atoms with Crippen LogP contribution in [0.25, 0.3) is 0 Å². The van der Waals surface area contributed by atoms with E-state index in [-0.39, 0.29) is 18.4 Å². The molecule has 0 aliphatic heterocycles. The third-order valence-corrected chi connectivity index (χ3v) is 2.74. The van der Waals surface area contributed by atoms with Crippen molar-refractivity contribution in [3.05, 3.63) is 30.1 Å². The minimum absolute atomic E-state index is 0.00917. The van der Waals surface area contributed by atoms with Gasteiger partial charge in [0.2, 0.25) is 0 Å². The topological polar surface area (TPSA) is 53.4 Å². The molecule has 0 aliphatic carbocycles. The lowest BCUT2D eigenvalue weighted by Gasteiger charge is -2.23. The molecule has 3 atom stereocenters. The summed E-state index contributed by atoms with van der Waals surface area (Å²) in [5.74, 6) is 0.160. The third kappa shape index (κ3) is 2.53. The summed E-state index contributed by atoms with van der Waals surface area (Å²) in [6.07, 6.45) is 1.07. The van der Waals surface area contributed by atoms with Crippen molar-refractivity contribution in [1.82, 2.24) is 4.98 Å². The van der Waals surface area contributed by atoms with Gasteiger partial charge in [-0.3, -0.25) is 4.98 Å². The molecule has 1 unspecified atom stereocenters. The van der Waals surface area contributed by atoms with Gasteiger partial charge in [-0.15, -0.1) is 0 Å². The molecule has 2 N–H and O–H groups in total. The van der Waals surface area contributed by atoms with E-state index in [4.69, 9.17) is 5.11 Å². The van der Waals surface area contributed by atoms with E-state index in [2.05, 4.69) is 4.98 Å². The van der Waals surface area contributed by atoms with Crippen LogP contribution >= 0.6 is 0 Å². The first-order valence-electron chi connectivity index (χ1n) is 4.86. The summed E-state index contributed by atoms with van der Waals surface area (Å²) in [6.45, 7) is 3.73. The molecule has 0 aliphatic rings. The Morgan fingerprint density at radius 2 is 2.07 bits per heavy atom. The minimum Gasteiger partial charge on any atom is -0.394 e. The van der Waals surface area contributed by atoms with Gasteiger partial charge in [0.1, 0.15) is 0 Å². The molecule has 0 amide bonds. The van der Waals surface area contributed by atoms with Gasteiger partial charge in [-0.25, -0.2) is 0 Å². The Labute approximate surface area is 84.4 Å². The van der Waals surface area contributed by atoms with Crippen LogP contribution in [0.2, 0.25) is 0 Å². The molecule has 0 saturated carbocycles. The Bertz CT molecular complexity index is 263. The molecule has 0 radical (unpaired) electrons. The van der Waals surface area contributed by atoms with Gasteiger partial charge in [0.25, 0.3) is 0 Å². The number of hydrogen-bond donors (Lipinski definition) is 2. The summed E-state index contributed by atoms with van der Waals surface area (Å²) < 4.78 is 0. The van der Waals surface area contributed by atoms with Crippen LogP contribution in [0.1, 0.15) is 25.5 Å². The molecule has 1 rings (SSSR count). The molecule has 14 heavy (non-hydrogen) atoms. The van der Waals surface area contributed by atoms with Gasteiger partial charge in [0.05, 0.1) is 12.7 Å². The fourth-order valence-corrected chi connectivity index (χ4v) is 1.41. The second kappa shape index (κ2) is 5.08. The molecule has 0 aromatic carbocycles. The van der Waals surface area contributed by atoms with Crippen LogP contribution in [-0.4, -0.2) is 27.9 Å². The van der Waals surface area contributed by atoms with Crippen molar-refractivity contribution in [3.8, 4) is 0 Å². The summed E-state index contributed by atoms with van der Waals surface area (Å²) >= 11 is 0. The summed E-state index contributed by atoms with van der Waals surface area (Å²) in [7, 11) is 0. The highest BCUT2D eigenvalue weighted by molar-refractivity contribution is 5.09. The van der Waals surface area contributed by atoms with Crippen molar-refractivity contribution >= 4 is 0 Å². The first kappa shape index (κ1) is 11.1. The number of aliphatic hydroxyl groups excluding tert-OH is 2. The van der Waals surface area contributed by atoms with Gasteiger partial charge in [0, 0.05) is 17.8 Å². The molecule has 78 valence electrons. The normalized spacial score (nSPS) is 17.4. The average Bonchev–Trinajstić information content (AvgIpc) is 2.27. The molecular weight excluding hydrogens is 178 g/mol. The fourth-order valence-electron chi connectivity index (χ4n) is 1.41. The maximum atomic E-state index is 9.48. The van der Waals surface area contributed by atoms with Crippen LogP contribution < -0.4 is 0 Å². The van der Waals surface area contributed by atoms with E-state index in [1.165, 1.54) is 0 Å². The number of aliphatic hydroxyl groups is 2. The SMILES string of the molecule is CC(c1ccccn1)[C@@H](C)[C@H](O)CO. The van der Waals surface area contributed by atoms with Crippen molar-refractivity contribution in [2.24, 2.45) is 5.92 Å². The molecule has 0 saturated heterocycles. The standard InChI is InChI=1S/C11H17NO2/c1-8(9(2)11(14)7-13)10-5-3-4-6-12-10/h3-6,8-9,11,13-14H,7H2,1-2H3/t8?,9-,11-/m1/s1. The first-order chi connectivity index (χ1) is 6.66. The van der Waals surface area contributed by atoms with Crippen LogP contribution in [0.4, 0.5) is 0 Å². The lowest BCUT2D eigenvalue weighted by atomic mass is 9.88. The average molecular weight is 195 g/mol. The number of aromatic nitrogens is 1. The van der Waals surface area contributed by atoms with Crippen molar-refractivity contribution in [3.63, 3.8) is 0 Å². The number of hydrogen-bond acceptors (Lipinski definition) is 3. The first-order valence-corrected chi connectivity index (χ1v) is 4.86. The van der Waals surface area contributed by atoms with E-state index in [1.54, 1.807) is 6.20 Å². The summed E-state index contributed by atoms with van der Waals surface area (Å²) in [5.41, 5.74) is 0.951. The van der Waals surface area contributed by atoms with Crippen molar-refractivity contribution in [2.45, 2.75) is 25.9 Å². The molecule has 0 bridgehead atoms. The quantitative estimate of drug-likeness (QED) is 0.758. The lowest BCUT2D eigenvalue weighted by molar-refractivity contribution is 0.0448. The van der Waals surface area contributed by atoms with Crippen molar-refractivity contribution < 1.29 is 10.2 Å². The fraction of sp³-hybridized carbons (Fsp3) is 0.545. The molecule has 3 nitrogen and oxygen atoms in total. The van der Waals surface area contributed by atoms with Gasteiger partial charge in [-0.2, -0.15) is 0 Å². The zero-order valence-electron chi connectivity index (χ0n) is 8.59. The predicted octanol–water partition coefficient (Wildman–Crippen LogP) is 1.17. The second-order valence-corrected chi connectivity index (χ2v) is 3.65. The smallest absolute Gasteiger partial charge is 0.0802 e. The van der Waals surface area contributed by atoms with Crippen LogP contribution in [-0.2, 0) is 0 Å². The third-order valence-electron chi connectivity index (χ3n) is 2.74. The van der Waals surface area contributed by atoms with Crippen molar-refractivity contribution in [2.75, 3.05) is 6.61 Å². The predicted molar refractivity (Wildman–Crippen MR) is 54.9 cm³/mol. The molecule has 3 heteroatoms. The molecule has 1 heterocycles. The van der Waals surface area contributed by atoms with E-state index in [0.717, 1.165) is 5.69 Å². The second-order valence-electron chi connectivity index (χ2n) is 3.65. The molecule has 0 spiro atoms. The van der Waals surface area contributed by atoms with Crippen LogP contribution in [0.15, 0.2) is 24.4 Å².